The Morgan fingerprint density at radius 1 is 1.50 bits per heavy atom. The molecule has 1 N–H and O–H groups in total. The third-order valence-electron chi connectivity index (χ3n) is 5.65. The minimum Gasteiger partial charge on any atom is -0.396 e. The molecule has 1 amide bonds. The first-order chi connectivity index (χ1) is 12.2. The van der Waals surface area contributed by atoms with Gasteiger partial charge >= 0.3 is 0 Å². The van der Waals surface area contributed by atoms with Gasteiger partial charge in [0.05, 0.1) is 11.8 Å². The number of anilines is 1. The van der Waals surface area contributed by atoms with Gasteiger partial charge in [-0.15, -0.1) is 6.58 Å². The molecular formula is C19H25ClFNO3Si. The van der Waals surface area contributed by atoms with Crippen molar-refractivity contribution < 1.29 is 18.7 Å². The van der Waals surface area contributed by atoms with E-state index in [1.165, 1.54) is 0 Å². The molecule has 2 aliphatic rings. The molecule has 142 valence electrons. The van der Waals surface area contributed by atoms with Crippen LogP contribution < -0.4 is 4.90 Å². The molecule has 4 nitrogen and oxygen atoms in total. The minimum atomic E-state index is -3.15. The lowest BCUT2D eigenvalue weighted by molar-refractivity contribution is -0.146. The first-order valence-electron chi connectivity index (χ1n) is 8.89. The number of carbonyl (C=O) groups is 1. The summed E-state index contributed by atoms with van der Waals surface area (Å²) in [5, 5.41) is 9.96. The van der Waals surface area contributed by atoms with Crippen molar-refractivity contribution in [1.82, 2.24) is 0 Å². The second kappa shape index (κ2) is 6.75. The summed E-state index contributed by atoms with van der Waals surface area (Å²) in [4.78, 5) is 15.1. The lowest BCUT2D eigenvalue weighted by atomic mass is 9.82. The van der Waals surface area contributed by atoms with Gasteiger partial charge in [-0.1, -0.05) is 24.6 Å². The van der Waals surface area contributed by atoms with E-state index >= 15 is 4.11 Å². The first kappa shape index (κ1) is 19.5. The number of fused-ring (bicyclic) bond motifs is 2. The summed E-state index contributed by atoms with van der Waals surface area (Å²) in [6.07, 6.45) is 1.47. The maximum atomic E-state index is 15.2. The number of hydrogen-bond donors (Lipinski definition) is 1. The topological polar surface area (TPSA) is 49.8 Å². The number of rotatable bonds is 5. The molecule has 2 aliphatic heterocycles. The Bertz CT molecular complexity index is 738. The van der Waals surface area contributed by atoms with Crippen LogP contribution in [0.2, 0.25) is 23.7 Å². The van der Waals surface area contributed by atoms with Crippen molar-refractivity contribution in [1.29, 1.82) is 0 Å². The maximum absolute atomic E-state index is 15.2. The van der Waals surface area contributed by atoms with E-state index in [1.807, 2.05) is 6.92 Å². The van der Waals surface area contributed by atoms with Gasteiger partial charge < -0.3 is 18.9 Å². The molecule has 0 aliphatic carbocycles. The Balaban J connectivity index is 2.18. The van der Waals surface area contributed by atoms with Gasteiger partial charge in [-0.05, 0) is 37.7 Å². The van der Waals surface area contributed by atoms with E-state index in [4.69, 9.17) is 16.3 Å². The SMILES string of the molecule is C=CCN1C(=O)[C@]2(O[C@H](CCO)[C@@H]([Si](C)(C)F)[C@@H]2C)c2cc(Cl)ccc21. The minimum absolute atomic E-state index is 0.110. The molecule has 0 aromatic heterocycles. The number of aliphatic hydroxyl groups excluding tert-OH is 1. The van der Waals surface area contributed by atoms with Crippen LogP contribution in [0.15, 0.2) is 30.9 Å². The Morgan fingerprint density at radius 3 is 2.77 bits per heavy atom. The highest BCUT2D eigenvalue weighted by Crippen LogP contribution is 2.60. The van der Waals surface area contributed by atoms with Gasteiger partial charge in [0.2, 0.25) is 8.41 Å². The van der Waals surface area contributed by atoms with Crippen molar-refractivity contribution in [3.63, 3.8) is 0 Å². The average molecular weight is 398 g/mol. The molecule has 0 saturated carbocycles. The number of aliphatic hydroxyl groups is 1. The summed E-state index contributed by atoms with van der Waals surface area (Å²) >= 11 is 6.22. The molecule has 1 saturated heterocycles. The summed E-state index contributed by atoms with van der Waals surface area (Å²) < 4.78 is 21.5. The van der Waals surface area contributed by atoms with E-state index in [9.17, 15) is 9.90 Å². The largest absolute Gasteiger partial charge is 0.396 e. The molecule has 1 aromatic carbocycles. The number of ether oxygens (including phenoxy) is 1. The number of amides is 1. The van der Waals surface area contributed by atoms with Crippen molar-refractivity contribution in [2.75, 3.05) is 18.1 Å². The number of hydrogen-bond acceptors (Lipinski definition) is 3. The summed E-state index contributed by atoms with van der Waals surface area (Å²) in [5.74, 6) is -0.559. The molecule has 2 heterocycles. The van der Waals surface area contributed by atoms with Crippen LogP contribution in [0.25, 0.3) is 0 Å². The molecule has 1 spiro atoms. The number of nitrogens with zero attached hydrogens (tertiary/aromatic N) is 1. The predicted molar refractivity (Wildman–Crippen MR) is 104 cm³/mol. The number of carbonyl (C=O) groups excluding carboxylic acids is 1. The Labute approximate surface area is 159 Å². The fourth-order valence-corrected chi connectivity index (χ4v) is 7.44. The third kappa shape index (κ3) is 2.74. The van der Waals surface area contributed by atoms with Crippen LogP contribution in [-0.2, 0) is 15.1 Å². The van der Waals surface area contributed by atoms with Crippen molar-refractivity contribution in [2.24, 2.45) is 5.92 Å². The van der Waals surface area contributed by atoms with Gasteiger partial charge in [-0.25, -0.2) is 0 Å². The quantitative estimate of drug-likeness (QED) is 0.463. The highest BCUT2D eigenvalue weighted by Gasteiger charge is 2.66. The van der Waals surface area contributed by atoms with Crippen molar-refractivity contribution in [2.45, 2.75) is 43.7 Å². The van der Waals surface area contributed by atoms with Crippen LogP contribution in [0.4, 0.5) is 9.80 Å². The Hall–Kier alpha value is -1.21. The number of benzene rings is 1. The fraction of sp³-hybridized carbons (Fsp3) is 0.526. The lowest BCUT2D eigenvalue weighted by Gasteiger charge is -2.31. The monoisotopic (exact) mass is 397 g/mol. The third-order valence-corrected chi connectivity index (χ3v) is 8.34. The second-order valence-corrected chi connectivity index (χ2v) is 11.9. The van der Waals surface area contributed by atoms with Gasteiger partial charge in [-0.2, -0.15) is 0 Å². The van der Waals surface area contributed by atoms with E-state index in [2.05, 4.69) is 6.58 Å². The van der Waals surface area contributed by atoms with E-state index in [1.54, 1.807) is 42.3 Å². The normalized spacial score (nSPS) is 30.9. The zero-order valence-electron chi connectivity index (χ0n) is 15.3. The standard InChI is InChI=1S/C19H25ClFNO3Si/c1-5-9-22-15-7-6-13(20)11-14(15)19(18(22)24)12(2)17(26(3,4)21)16(25-19)8-10-23/h5-7,11-12,16-17,23H,1,8-10H2,2-4H3/t12-,16+,17-,19+/m0/s1. The van der Waals surface area contributed by atoms with Gasteiger partial charge in [0.1, 0.15) is 0 Å². The molecule has 3 rings (SSSR count). The highest BCUT2D eigenvalue weighted by atomic mass is 35.5. The summed E-state index contributed by atoms with van der Waals surface area (Å²) in [6.45, 7) is 9.13. The first-order valence-corrected chi connectivity index (χ1v) is 12.2. The molecule has 1 fully saturated rings. The van der Waals surface area contributed by atoms with Gasteiger partial charge in [0.15, 0.2) is 5.60 Å². The molecule has 0 radical (unpaired) electrons. The van der Waals surface area contributed by atoms with E-state index in [-0.39, 0.29) is 18.4 Å². The molecular weight excluding hydrogens is 373 g/mol. The van der Waals surface area contributed by atoms with Crippen LogP contribution in [0.5, 0.6) is 0 Å². The van der Waals surface area contributed by atoms with Crippen LogP contribution >= 0.6 is 11.6 Å². The van der Waals surface area contributed by atoms with E-state index in [0.29, 0.717) is 23.6 Å². The Kier molecular flexibility index (Phi) is 5.07. The highest BCUT2D eigenvalue weighted by molar-refractivity contribution is 6.72. The summed E-state index contributed by atoms with van der Waals surface area (Å²) in [6, 6.07) is 5.29. The van der Waals surface area contributed by atoms with Gasteiger partial charge in [-0.3, -0.25) is 4.79 Å². The Morgan fingerprint density at radius 2 is 2.19 bits per heavy atom. The lowest BCUT2D eigenvalue weighted by Crippen LogP contribution is -2.45. The molecule has 0 unspecified atom stereocenters. The van der Waals surface area contributed by atoms with E-state index in [0.717, 1.165) is 5.69 Å². The maximum Gasteiger partial charge on any atom is 0.264 e. The molecule has 0 bridgehead atoms. The summed E-state index contributed by atoms with van der Waals surface area (Å²) in [7, 11) is -3.15. The summed E-state index contributed by atoms with van der Waals surface area (Å²) in [5.41, 5.74) is -0.237. The number of halogens is 2. The zero-order chi connectivity index (χ0) is 19.3. The van der Waals surface area contributed by atoms with Gasteiger partial charge in [0.25, 0.3) is 5.91 Å². The van der Waals surface area contributed by atoms with Crippen LogP contribution in [0.1, 0.15) is 18.9 Å². The smallest absolute Gasteiger partial charge is 0.264 e. The predicted octanol–water partition coefficient (Wildman–Crippen LogP) is 4.03. The van der Waals surface area contributed by atoms with Crippen LogP contribution in [0.3, 0.4) is 0 Å². The molecule has 7 heteroatoms. The molecule has 26 heavy (non-hydrogen) atoms. The second-order valence-electron chi connectivity index (χ2n) is 7.65. The van der Waals surface area contributed by atoms with Crippen LogP contribution in [-0.4, -0.2) is 38.7 Å². The van der Waals surface area contributed by atoms with E-state index < -0.39 is 25.7 Å². The molecule has 4 atom stereocenters. The molecule has 1 aromatic rings. The average Bonchev–Trinajstić information content (AvgIpc) is 2.96. The fourth-order valence-electron chi connectivity index (χ4n) is 4.73. The van der Waals surface area contributed by atoms with Crippen molar-refractivity contribution in [3.05, 3.63) is 41.4 Å². The zero-order valence-corrected chi connectivity index (χ0v) is 17.1. The van der Waals surface area contributed by atoms with Crippen molar-refractivity contribution in [3.8, 4) is 0 Å². The van der Waals surface area contributed by atoms with Gasteiger partial charge in [0, 0.05) is 35.2 Å². The van der Waals surface area contributed by atoms with Crippen molar-refractivity contribution >= 4 is 31.6 Å². The van der Waals surface area contributed by atoms with Crippen LogP contribution in [0, 0.1) is 5.92 Å².